The van der Waals surface area contributed by atoms with Crippen molar-refractivity contribution in [2.45, 2.75) is 52.6 Å². The summed E-state index contributed by atoms with van der Waals surface area (Å²) >= 11 is 0. The summed E-state index contributed by atoms with van der Waals surface area (Å²) in [6.45, 7) is 7.23. The Labute approximate surface area is 114 Å². The Balaban J connectivity index is 2.25. The van der Waals surface area contributed by atoms with Crippen LogP contribution in [0.15, 0.2) is 0 Å². The quantitative estimate of drug-likeness (QED) is 0.740. The lowest BCUT2D eigenvalue weighted by atomic mass is 9.84. The molecule has 2 atom stereocenters. The zero-order valence-corrected chi connectivity index (χ0v) is 12.1. The lowest BCUT2D eigenvalue weighted by Gasteiger charge is -2.24. The topological polar surface area (TPSA) is 75.6 Å². The molecule has 0 aliphatic carbocycles. The number of aliphatic carboxylic acids is 1. The number of ether oxygens (including phenoxy) is 1. The van der Waals surface area contributed by atoms with Gasteiger partial charge < -0.3 is 15.2 Å². The Kier molecular flexibility index (Phi) is 5.79. The molecule has 0 aromatic rings. The van der Waals surface area contributed by atoms with Crippen LogP contribution in [0.25, 0.3) is 0 Å². The molecule has 0 spiro atoms. The Morgan fingerprint density at radius 2 is 2.05 bits per heavy atom. The molecule has 1 rings (SSSR count). The molecule has 0 aromatic heterocycles. The van der Waals surface area contributed by atoms with Crippen LogP contribution in [-0.4, -0.2) is 36.2 Å². The van der Waals surface area contributed by atoms with Gasteiger partial charge in [-0.2, -0.15) is 0 Å². The highest BCUT2D eigenvalue weighted by Crippen LogP contribution is 2.26. The summed E-state index contributed by atoms with van der Waals surface area (Å²) in [6, 6.07) is 0. The average Bonchev–Trinajstić information content (AvgIpc) is 2.73. The van der Waals surface area contributed by atoms with Gasteiger partial charge in [0.15, 0.2) is 0 Å². The van der Waals surface area contributed by atoms with Gasteiger partial charge in [-0.1, -0.05) is 13.8 Å². The predicted molar refractivity (Wildman–Crippen MR) is 71.8 cm³/mol. The van der Waals surface area contributed by atoms with Crippen molar-refractivity contribution in [3.8, 4) is 0 Å². The fraction of sp³-hybridized carbons (Fsp3) is 0.857. The van der Waals surface area contributed by atoms with E-state index in [-0.39, 0.29) is 29.8 Å². The summed E-state index contributed by atoms with van der Waals surface area (Å²) in [4.78, 5) is 22.5. The fourth-order valence-electron chi connectivity index (χ4n) is 2.30. The molecule has 110 valence electrons. The smallest absolute Gasteiger partial charge is 0.303 e. The maximum atomic E-state index is 11.9. The van der Waals surface area contributed by atoms with Gasteiger partial charge in [0.05, 0.1) is 12.0 Å². The molecule has 19 heavy (non-hydrogen) atoms. The summed E-state index contributed by atoms with van der Waals surface area (Å²) in [5.41, 5.74) is -0.0660. The van der Waals surface area contributed by atoms with Crippen LogP contribution >= 0.6 is 0 Å². The molecule has 0 aromatic carbocycles. The van der Waals surface area contributed by atoms with Crippen LogP contribution in [0.2, 0.25) is 0 Å². The van der Waals surface area contributed by atoms with Crippen LogP contribution in [0.3, 0.4) is 0 Å². The van der Waals surface area contributed by atoms with Crippen molar-refractivity contribution in [2.24, 2.45) is 11.3 Å². The van der Waals surface area contributed by atoms with Crippen LogP contribution < -0.4 is 5.32 Å². The van der Waals surface area contributed by atoms with Gasteiger partial charge in [-0.05, 0) is 31.6 Å². The average molecular weight is 271 g/mol. The van der Waals surface area contributed by atoms with E-state index in [0.29, 0.717) is 19.6 Å². The Hall–Kier alpha value is -1.10. The van der Waals surface area contributed by atoms with E-state index in [0.717, 1.165) is 12.8 Å². The second-order valence-electron chi connectivity index (χ2n) is 6.07. The Morgan fingerprint density at radius 1 is 1.37 bits per heavy atom. The molecule has 1 saturated heterocycles. The lowest BCUT2D eigenvalue weighted by Crippen LogP contribution is -2.36. The van der Waals surface area contributed by atoms with Crippen LogP contribution in [0.1, 0.15) is 46.5 Å². The standard InChI is InChI=1S/C14H25NO4/c1-10-11(5-9-19-10)13(18)15-8-7-14(2,3)6-4-12(16)17/h10-11H,4-9H2,1-3H3,(H,15,18)(H,16,17). The van der Waals surface area contributed by atoms with Crippen LogP contribution in [0.5, 0.6) is 0 Å². The molecule has 0 saturated carbocycles. The van der Waals surface area contributed by atoms with E-state index in [1.165, 1.54) is 0 Å². The van der Waals surface area contributed by atoms with E-state index in [1.807, 2.05) is 20.8 Å². The highest BCUT2D eigenvalue weighted by molar-refractivity contribution is 5.79. The molecule has 1 aliphatic heterocycles. The molecule has 2 N–H and O–H groups in total. The minimum absolute atomic E-state index is 0.0000191. The number of rotatable bonds is 7. The molecular weight excluding hydrogens is 246 g/mol. The molecule has 1 amide bonds. The van der Waals surface area contributed by atoms with E-state index in [9.17, 15) is 9.59 Å². The van der Waals surface area contributed by atoms with E-state index < -0.39 is 5.97 Å². The van der Waals surface area contributed by atoms with E-state index in [2.05, 4.69) is 5.32 Å². The molecule has 5 nitrogen and oxygen atoms in total. The fourth-order valence-corrected chi connectivity index (χ4v) is 2.30. The minimum Gasteiger partial charge on any atom is -0.481 e. The van der Waals surface area contributed by atoms with Gasteiger partial charge in [0.25, 0.3) is 0 Å². The number of carbonyl (C=O) groups is 2. The number of hydrogen-bond donors (Lipinski definition) is 2. The second-order valence-corrected chi connectivity index (χ2v) is 6.07. The van der Waals surface area contributed by atoms with E-state index >= 15 is 0 Å². The zero-order valence-electron chi connectivity index (χ0n) is 12.1. The third-order valence-electron chi connectivity index (χ3n) is 3.83. The van der Waals surface area contributed by atoms with Crippen LogP contribution in [-0.2, 0) is 14.3 Å². The highest BCUT2D eigenvalue weighted by Gasteiger charge is 2.30. The zero-order chi connectivity index (χ0) is 14.5. The van der Waals surface area contributed by atoms with Gasteiger partial charge in [0.1, 0.15) is 0 Å². The molecule has 1 aliphatic rings. The number of hydrogen-bond acceptors (Lipinski definition) is 3. The summed E-state index contributed by atoms with van der Waals surface area (Å²) in [5, 5.41) is 11.6. The van der Waals surface area contributed by atoms with Gasteiger partial charge >= 0.3 is 5.97 Å². The third-order valence-corrected chi connectivity index (χ3v) is 3.83. The molecule has 0 radical (unpaired) electrons. The maximum absolute atomic E-state index is 11.9. The first-order valence-electron chi connectivity index (χ1n) is 6.93. The summed E-state index contributed by atoms with van der Waals surface area (Å²) < 4.78 is 5.37. The summed E-state index contributed by atoms with van der Waals surface area (Å²) in [6.07, 6.45) is 2.37. The van der Waals surface area contributed by atoms with Gasteiger partial charge in [0, 0.05) is 19.6 Å². The maximum Gasteiger partial charge on any atom is 0.303 e. The minimum atomic E-state index is -0.769. The summed E-state index contributed by atoms with van der Waals surface area (Å²) in [5.74, 6) is -0.754. The van der Waals surface area contributed by atoms with Crippen LogP contribution in [0.4, 0.5) is 0 Å². The van der Waals surface area contributed by atoms with Crippen molar-refractivity contribution in [3.05, 3.63) is 0 Å². The molecule has 0 bridgehead atoms. The molecule has 1 heterocycles. The van der Waals surface area contributed by atoms with E-state index in [4.69, 9.17) is 9.84 Å². The number of carboxylic acid groups (broad SMARTS) is 1. The first kappa shape index (κ1) is 16.0. The van der Waals surface area contributed by atoms with Gasteiger partial charge in [-0.25, -0.2) is 0 Å². The molecule has 5 heteroatoms. The monoisotopic (exact) mass is 271 g/mol. The van der Waals surface area contributed by atoms with Gasteiger partial charge in [0.2, 0.25) is 5.91 Å². The molecule has 2 unspecified atom stereocenters. The van der Waals surface area contributed by atoms with Gasteiger partial charge in [-0.3, -0.25) is 9.59 Å². The number of nitrogens with one attached hydrogen (secondary N) is 1. The number of carboxylic acids is 1. The van der Waals surface area contributed by atoms with Crippen molar-refractivity contribution in [3.63, 3.8) is 0 Å². The lowest BCUT2D eigenvalue weighted by molar-refractivity contribution is -0.137. The van der Waals surface area contributed by atoms with Gasteiger partial charge in [-0.15, -0.1) is 0 Å². The second kappa shape index (κ2) is 6.89. The number of amides is 1. The highest BCUT2D eigenvalue weighted by atomic mass is 16.5. The summed E-state index contributed by atoms with van der Waals surface area (Å²) in [7, 11) is 0. The van der Waals surface area contributed by atoms with Crippen molar-refractivity contribution >= 4 is 11.9 Å². The van der Waals surface area contributed by atoms with Crippen molar-refractivity contribution in [1.82, 2.24) is 5.32 Å². The predicted octanol–water partition coefficient (Wildman–Crippen LogP) is 1.81. The number of carbonyl (C=O) groups excluding carboxylic acids is 1. The first-order valence-corrected chi connectivity index (χ1v) is 6.93. The van der Waals surface area contributed by atoms with Crippen molar-refractivity contribution in [1.29, 1.82) is 0 Å². The third kappa shape index (κ3) is 5.59. The van der Waals surface area contributed by atoms with Crippen molar-refractivity contribution < 1.29 is 19.4 Å². The first-order chi connectivity index (χ1) is 8.82. The normalized spacial score (nSPS) is 23.3. The Bertz CT molecular complexity index is 327. The molecule has 1 fully saturated rings. The SMILES string of the molecule is CC1OCCC1C(=O)NCCC(C)(C)CCC(=O)O. The van der Waals surface area contributed by atoms with Crippen molar-refractivity contribution in [2.75, 3.05) is 13.2 Å². The van der Waals surface area contributed by atoms with E-state index in [1.54, 1.807) is 0 Å². The van der Waals surface area contributed by atoms with Crippen LogP contribution in [0, 0.1) is 11.3 Å². The molecular formula is C14H25NO4. The Morgan fingerprint density at radius 3 is 2.58 bits per heavy atom. The largest absolute Gasteiger partial charge is 0.481 e.